The second-order valence-electron chi connectivity index (χ2n) is 17.5. The zero-order valence-electron chi connectivity index (χ0n) is 33.0. The first-order valence-electron chi connectivity index (χ1n) is 20.3. The molecule has 3 aliphatic heterocycles. The molecule has 15 nitrogen and oxygen atoms in total. The second kappa shape index (κ2) is 14.9. The number of hydrogen-bond acceptors (Lipinski definition) is 10. The number of carboxylic acid groups (broad SMARTS) is 1. The topological polar surface area (TPSA) is 194 Å². The Labute approximate surface area is 337 Å². The van der Waals surface area contributed by atoms with Gasteiger partial charge in [0, 0.05) is 23.1 Å². The van der Waals surface area contributed by atoms with Crippen molar-refractivity contribution in [2.45, 2.75) is 106 Å². The summed E-state index contributed by atoms with van der Waals surface area (Å²) in [5, 5.41) is 15.2. The number of pyridine rings is 1. The summed E-state index contributed by atoms with van der Waals surface area (Å²) >= 11 is 0. The minimum atomic E-state index is -4.41. The van der Waals surface area contributed by atoms with Crippen molar-refractivity contribution in [3.05, 3.63) is 42.6 Å². The number of nitrogens with zero attached hydrogens (tertiary/aromatic N) is 3. The maximum atomic E-state index is 15.3. The lowest BCUT2D eigenvalue weighted by atomic mass is 9.82. The van der Waals surface area contributed by atoms with Gasteiger partial charge in [-0.3, -0.25) is 24.0 Å². The maximum absolute atomic E-state index is 15.3. The van der Waals surface area contributed by atoms with E-state index in [-0.39, 0.29) is 63.2 Å². The van der Waals surface area contributed by atoms with E-state index in [2.05, 4.69) is 21.9 Å². The average Bonchev–Trinajstić information content (AvgIpc) is 4.09. The van der Waals surface area contributed by atoms with E-state index in [1.54, 1.807) is 6.08 Å². The number of hydrogen-bond donors (Lipinski definition) is 3. The Morgan fingerprint density at radius 3 is 2.47 bits per heavy atom. The van der Waals surface area contributed by atoms with Crippen LogP contribution in [-0.4, -0.2) is 120 Å². The summed E-state index contributed by atoms with van der Waals surface area (Å²) < 4.78 is 58.5. The van der Waals surface area contributed by atoms with E-state index in [1.165, 1.54) is 23.1 Å². The van der Waals surface area contributed by atoms with Crippen molar-refractivity contribution in [1.29, 1.82) is 0 Å². The molecule has 2 saturated heterocycles. The number of allylic oxidation sites excluding steroid dienone is 1. The third-order valence-corrected chi connectivity index (χ3v) is 15.6. The van der Waals surface area contributed by atoms with Crippen LogP contribution < -0.4 is 19.5 Å². The van der Waals surface area contributed by atoms with Gasteiger partial charge in [0.15, 0.2) is 0 Å². The number of fused-ring (bicyclic) bond motifs is 3. The SMILES string of the molecule is COc1cnc(O[C@@H]2C[C@H]3C(=O)N[C@]4(C(=O)NS(=O)(=O)C5(CF)CC5)C[C@H]4C=CCC[C@@H](C)C[C@@H](C)[C@H](N(C(=O)O)C4(C5CC5)COC4)C(=O)N3C2)c2ccccc12. The Morgan fingerprint density at radius 2 is 1.84 bits per heavy atom. The number of sulfonamides is 1. The summed E-state index contributed by atoms with van der Waals surface area (Å²) in [4.78, 5) is 64.7. The molecular weight excluding hydrogens is 774 g/mol. The number of benzene rings is 1. The van der Waals surface area contributed by atoms with E-state index in [1.807, 2.05) is 37.3 Å². The number of nitrogens with one attached hydrogen (secondary N) is 2. The van der Waals surface area contributed by atoms with Gasteiger partial charge in [0.05, 0.1) is 38.6 Å². The van der Waals surface area contributed by atoms with Crippen LogP contribution in [0.5, 0.6) is 11.6 Å². The van der Waals surface area contributed by atoms with Crippen molar-refractivity contribution in [1.82, 2.24) is 24.8 Å². The molecule has 314 valence electrons. The normalized spacial score (nSPS) is 31.7. The number of ether oxygens (including phenoxy) is 3. The van der Waals surface area contributed by atoms with Gasteiger partial charge in [-0.15, -0.1) is 0 Å². The van der Waals surface area contributed by atoms with Crippen LogP contribution in [0.2, 0.25) is 0 Å². The van der Waals surface area contributed by atoms with Crippen molar-refractivity contribution in [2.75, 3.05) is 33.5 Å². The van der Waals surface area contributed by atoms with E-state index < -0.39 is 86.4 Å². The lowest BCUT2D eigenvalue weighted by Gasteiger charge is -2.53. The Morgan fingerprint density at radius 1 is 1.12 bits per heavy atom. The number of carbonyl (C=O) groups excluding carboxylic acids is 3. The molecule has 0 bridgehead atoms. The van der Waals surface area contributed by atoms with Crippen LogP contribution in [0.25, 0.3) is 10.8 Å². The van der Waals surface area contributed by atoms with Crippen LogP contribution in [-0.2, 0) is 29.1 Å². The van der Waals surface area contributed by atoms with Gasteiger partial charge >= 0.3 is 6.09 Å². The molecule has 4 heterocycles. The Balaban J connectivity index is 1.17. The van der Waals surface area contributed by atoms with Gasteiger partial charge in [0.2, 0.25) is 27.7 Å². The number of alkyl halides is 1. The quantitative estimate of drug-likeness (QED) is 0.294. The van der Waals surface area contributed by atoms with Crippen molar-refractivity contribution in [2.24, 2.45) is 23.7 Å². The van der Waals surface area contributed by atoms with E-state index in [0.717, 1.165) is 18.2 Å². The van der Waals surface area contributed by atoms with Gasteiger partial charge in [-0.25, -0.2) is 22.6 Å². The van der Waals surface area contributed by atoms with Crippen LogP contribution >= 0.6 is 0 Å². The second-order valence-corrected chi connectivity index (χ2v) is 19.6. The minimum absolute atomic E-state index is 0.0355. The van der Waals surface area contributed by atoms with Crippen molar-refractivity contribution in [3.63, 3.8) is 0 Å². The summed E-state index contributed by atoms with van der Waals surface area (Å²) in [7, 11) is -2.87. The molecule has 17 heteroatoms. The minimum Gasteiger partial charge on any atom is -0.494 e. The lowest BCUT2D eigenvalue weighted by molar-refractivity contribution is -0.171. The molecule has 0 radical (unpaired) electrons. The zero-order valence-corrected chi connectivity index (χ0v) is 33.8. The Bertz CT molecular complexity index is 2120. The molecule has 0 spiro atoms. The molecule has 1 aromatic heterocycles. The summed E-state index contributed by atoms with van der Waals surface area (Å²) in [6.45, 7) is 3.02. The standard InChI is InChI=1S/C41H52FN5O10S/c1-24-8-4-5-9-27-18-41(27,37(50)45-58(53,54)39(21-42)14-15-39)44-34(48)31-17-28(57-35-30-11-7-6-10-29(30)32(55-3)19-43-35)20-46(31)36(49)33(25(2)16-24)47(38(51)52)40(22-56-23-40)26-12-13-26/h5-7,9-11,19,24-28,31,33H,4,8,12-18,20-23H2,1-3H3,(H,44,48)(H,45,50)(H,51,52)/t24-,25-,27-,28-,31+,33+,41-/m1/s1. The van der Waals surface area contributed by atoms with E-state index in [4.69, 9.17) is 14.2 Å². The zero-order chi connectivity index (χ0) is 41.2. The molecule has 6 aliphatic rings. The smallest absolute Gasteiger partial charge is 0.408 e. The van der Waals surface area contributed by atoms with Gasteiger partial charge in [-0.05, 0) is 75.2 Å². The molecule has 5 fully saturated rings. The highest BCUT2D eigenvalue weighted by atomic mass is 32.2. The van der Waals surface area contributed by atoms with Crippen molar-refractivity contribution >= 4 is 44.6 Å². The molecule has 3 saturated carbocycles. The number of rotatable bonds is 10. The lowest BCUT2D eigenvalue weighted by Crippen LogP contribution is -2.71. The summed E-state index contributed by atoms with van der Waals surface area (Å²) in [6.07, 6.45) is 6.85. The molecule has 3 aliphatic carbocycles. The number of aromatic nitrogens is 1. The summed E-state index contributed by atoms with van der Waals surface area (Å²) in [5.41, 5.74) is -2.57. The van der Waals surface area contributed by atoms with Gasteiger partial charge in [-0.2, -0.15) is 0 Å². The van der Waals surface area contributed by atoms with Crippen LogP contribution in [0.3, 0.4) is 0 Å². The van der Waals surface area contributed by atoms with Gasteiger partial charge < -0.3 is 29.5 Å². The predicted octanol–water partition coefficient (Wildman–Crippen LogP) is 3.95. The number of halogens is 1. The van der Waals surface area contributed by atoms with Crippen molar-refractivity contribution in [3.8, 4) is 11.6 Å². The Kier molecular flexibility index (Phi) is 10.4. The molecular formula is C41H52FN5O10S. The fourth-order valence-corrected chi connectivity index (χ4v) is 11.0. The summed E-state index contributed by atoms with van der Waals surface area (Å²) in [6, 6.07) is 4.93. The van der Waals surface area contributed by atoms with Gasteiger partial charge in [0.1, 0.15) is 40.9 Å². The molecule has 4 amide bonds. The van der Waals surface area contributed by atoms with E-state index >= 15 is 4.79 Å². The van der Waals surface area contributed by atoms with Crippen LogP contribution in [0, 0.1) is 23.7 Å². The first kappa shape index (κ1) is 40.3. The monoisotopic (exact) mass is 825 g/mol. The van der Waals surface area contributed by atoms with Crippen LogP contribution in [0.15, 0.2) is 42.6 Å². The molecule has 1 aromatic carbocycles. The third kappa shape index (κ3) is 6.94. The average molecular weight is 826 g/mol. The fraction of sp³-hybridized carbons (Fsp3) is 0.634. The third-order valence-electron chi connectivity index (χ3n) is 13.4. The number of carbonyl (C=O) groups is 4. The molecule has 0 unspecified atom stereocenters. The Hall–Kier alpha value is -4.51. The largest absolute Gasteiger partial charge is 0.494 e. The van der Waals surface area contributed by atoms with E-state index in [9.17, 15) is 32.3 Å². The number of amides is 4. The molecule has 7 atom stereocenters. The molecule has 58 heavy (non-hydrogen) atoms. The first-order valence-corrected chi connectivity index (χ1v) is 21.8. The van der Waals surface area contributed by atoms with Gasteiger partial charge in [0.25, 0.3) is 5.91 Å². The predicted molar refractivity (Wildman–Crippen MR) is 208 cm³/mol. The van der Waals surface area contributed by atoms with E-state index in [0.29, 0.717) is 30.4 Å². The maximum Gasteiger partial charge on any atom is 0.408 e. The molecule has 2 aromatic rings. The fourth-order valence-electron chi connectivity index (χ4n) is 9.54. The van der Waals surface area contributed by atoms with Crippen LogP contribution in [0.1, 0.15) is 71.6 Å². The van der Waals surface area contributed by atoms with Gasteiger partial charge in [-0.1, -0.05) is 44.2 Å². The molecule has 3 N–H and O–H groups in total. The highest BCUT2D eigenvalue weighted by molar-refractivity contribution is 7.91. The number of methoxy groups -OCH3 is 1. The van der Waals surface area contributed by atoms with Crippen LogP contribution in [0.4, 0.5) is 9.18 Å². The summed E-state index contributed by atoms with van der Waals surface area (Å²) in [5.74, 6) is -2.39. The molecule has 8 rings (SSSR count). The van der Waals surface area contributed by atoms with Crippen molar-refractivity contribution < 1.29 is 51.3 Å². The highest BCUT2D eigenvalue weighted by Gasteiger charge is 2.65. The highest BCUT2D eigenvalue weighted by Crippen LogP contribution is 2.50. The first-order chi connectivity index (χ1) is 27.7.